The summed E-state index contributed by atoms with van der Waals surface area (Å²) in [4.78, 5) is 6.78. The molecule has 0 aromatic heterocycles. The maximum Gasteiger partial charge on any atom is 0.213 e. The molecular weight excluding hydrogens is 481 g/mol. The van der Waals surface area contributed by atoms with E-state index < -0.39 is 10.0 Å². The van der Waals surface area contributed by atoms with Crippen molar-refractivity contribution in [1.82, 2.24) is 19.8 Å². The number of piperidine rings is 1. The second kappa shape index (κ2) is 11.7. The van der Waals surface area contributed by atoms with Crippen LogP contribution in [0.25, 0.3) is 0 Å². The van der Waals surface area contributed by atoms with Crippen molar-refractivity contribution in [3.8, 4) is 0 Å². The Morgan fingerprint density at radius 1 is 1.30 bits per heavy atom. The largest absolute Gasteiger partial charge is 0.379 e. The number of nitrogens with zero attached hydrogens (tertiary/aromatic N) is 3. The molecule has 2 rings (SSSR count). The first-order chi connectivity index (χ1) is 12.4. The fourth-order valence-corrected chi connectivity index (χ4v) is 4.74. The van der Waals surface area contributed by atoms with Gasteiger partial charge in [0.25, 0.3) is 0 Å². The van der Waals surface area contributed by atoms with E-state index in [0.717, 1.165) is 45.1 Å². The van der Waals surface area contributed by atoms with Gasteiger partial charge in [-0.3, -0.25) is 9.89 Å². The third kappa shape index (κ3) is 7.30. The Hall–Kier alpha value is -0.170. The Kier molecular flexibility index (Phi) is 10.8. The number of ether oxygens (including phenoxy) is 1. The zero-order valence-corrected chi connectivity index (χ0v) is 20.1. The molecule has 0 aromatic rings. The summed E-state index contributed by atoms with van der Waals surface area (Å²) >= 11 is 0. The standard InChI is InChI=1S/C17H35N5O3S.HI/c1-5-26(23,24)21-8-6-16(7-9-21)20-17(18-4)19-12-14(2)22-10-11-25-13-15(22)3;/h14-16H,5-13H2,1-4H3,(H2,18,19,20);1H. The average molecular weight is 517 g/mol. The number of aliphatic imine (C=N–C) groups is 1. The minimum absolute atomic E-state index is 0. The molecule has 2 heterocycles. The van der Waals surface area contributed by atoms with Crippen LogP contribution in [0.3, 0.4) is 0 Å². The molecule has 0 aliphatic carbocycles. The van der Waals surface area contributed by atoms with Crippen molar-refractivity contribution in [2.45, 2.75) is 51.7 Å². The van der Waals surface area contributed by atoms with Gasteiger partial charge in [-0.1, -0.05) is 0 Å². The number of halogens is 1. The molecule has 2 aliphatic heterocycles. The first kappa shape index (κ1) is 24.9. The molecule has 160 valence electrons. The lowest BCUT2D eigenvalue weighted by atomic mass is 10.1. The number of morpholine rings is 1. The van der Waals surface area contributed by atoms with Crippen molar-refractivity contribution in [3.63, 3.8) is 0 Å². The molecule has 2 aliphatic rings. The molecule has 0 radical (unpaired) electrons. The number of nitrogens with one attached hydrogen (secondary N) is 2. The molecule has 27 heavy (non-hydrogen) atoms. The fraction of sp³-hybridized carbons (Fsp3) is 0.941. The van der Waals surface area contributed by atoms with Gasteiger partial charge in [0.2, 0.25) is 10.0 Å². The van der Waals surface area contributed by atoms with Crippen LogP contribution in [0.1, 0.15) is 33.6 Å². The van der Waals surface area contributed by atoms with Gasteiger partial charge in [0, 0.05) is 51.4 Å². The second-order valence-electron chi connectivity index (χ2n) is 7.18. The maximum absolute atomic E-state index is 11.9. The van der Waals surface area contributed by atoms with E-state index in [-0.39, 0.29) is 35.8 Å². The number of rotatable bonds is 6. The van der Waals surface area contributed by atoms with Crippen molar-refractivity contribution in [1.29, 1.82) is 0 Å². The van der Waals surface area contributed by atoms with Gasteiger partial charge in [0.15, 0.2) is 5.96 Å². The fourth-order valence-electron chi connectivity index (χ4n) is 3.61. The third-order valence-corrected chi connectivity index (χ3v) is 7.21. The molecule has 8 nitrogen and oxygen atoms in total. The Balaban J connectivity index is 0.00000364. The van der Waals surface area contributed by atoms with E-state index in [1.165, 1.54) is 0 Å². The Morgan fingerprint density at radius 2 is 1.96 bits per heavy atom. The molecule has 2 saturated heterocycles. The molecule has 2 atom stereocenters. The van der Waals surface area contributed by atoms with Gasteiger partial charge in [-0.2, -0.15) is 0 Å². The van der Waals surface area contributed by atoms with Crippen molar-refractivity contribution < 1.29 is 13.2 Å². The predicted molar refractivity (Wildman–Crippen MR) is 120 cm³/mol. The second-order valence-corrected chi connectivity index (χ2v) is 9.44. The van der Waals surface area contributed by atoms with E-state index in [1.807, 2.05) is 0 Å². The highest BCUT2D eigenvalue weighted by atomic mass is 127. The molecule has 0 bridgehead atoms. The zero-order valence-electron chi connectivity index (χ0n) is 17.0. The van der Waals surface area contributed by atoms with Crippen LogP contribution in [0, 0.1) is 0 Å². The summed E-state index contributed by atoms with van der Waals surface area (Å²) in [6, 6.07) is 1.08. The molecule has 2 fully saturated rings. The van der Waals surface area contributed by atoms with Crippen LogP contribution < -0.4 is 10.6 Å². The zero-order chi connectivity index (χ0) is 19.2. The van der Waals surface area contributed by atoms with Gasteiger partial charge in [0.1, 0.15) is 0 Å². The number of guanidine groups is 1. The van der Waals surface area contributed by atoms with E-state index in [1.54, 1.807) is 18.3 Å². The maximum atomic E-state index is 11.9. The molecule has 0 saturated carbocycles. The Labute approximate surface area is 181 Å². The smallest absolute Gasteiger partial charge is 0.213 e. The predicted octanol–water partition coefficient (Wildman–Crippen LogP) is 0.693. The highest BCUT2D eigenvalue weighted by molar-refractivity contribution is 14.0. The topological polar surface area (TPSA) is 86.3 Å². The minimum Gasteiger partial charge on any atom is -0.379 e. The van der Waals surface area contributed by atoms with Gasteiger partial charge in [-0.05, 0) is 33.6 Å². The minimum atomic E-state index is -3.07. The van der Waals surface area contributed by atoms with Crippen LogP contribution in [0.4, 0.5) is 0 Å². The van der Waals surface area contributed by atoms with Crippen LogP contribution in [-0.2, 0) is 14.8 Å². The summed E-state index contributed by atoms with van der Waals surface area (Å²) in [5.41, 5.74) is 0. The normalized spacial score (nSPS) is 24.9. The monoisotopic (exact) mass is 517 g/mol. The SMILES string of the molecule is CCS(=O)(=O)N1CCC(NC(=NC)NCC(C)N2CCOCC2C)CC1.I. The van der Waals surface area contributed by atoms with E-state index in [2.05, 4.69) is 34.4 Å². The van der Waals surface area contributed by atoms with Crippen molar-refractivity contribution in [3.05, 3.63) is 0 Å². The average Bonchev–Trinajstić information content (AvgIpc) is 2.65. The number of hydrogen-bond acceptors (Lipinski definition) is 5. The summed E-state index contributed by atoms with van der Waals surface area (Å²) in [6.45, 7) is 10.6. The molecule has 2 unspecified atom stereocenters. The first-order valence-electron chi connectivity index (χ1n) is 9.65. The highest BCUT2D eigenvalue weighted by Gasteiger charge is 2.27. The summed E-state index contributed by atoms with van der Waals surface area (Å²) in [5.74, 6) is 0.959. The molecular formula is C17H36IN5O3S. The highest BCUT2D eigenvalue weighted by Crippen LogP contribution is 2.14. The lowest BCUT2D eigenvalue weighted by molar-refractivity contribution is -0.0174. The third-order valence-electron chi connectivity index (χ3n) is 5.33. The van der Waals surface area contributed by atoms with Crippen LogP contribution in [-0.4, -0.2) is 93.9 Å². The van der Waals surface area contributed by atoms with Gasteiger partial charge in [0.05, 0.1) is 19.0 Å². The Bertz CT molecular complexity index is 567. The van der Waals surface area contributed by atoms with Gasteiger partial charge < -0.3 is 15.4 Å². The summed E-state index contributed by atoms with van der Waals surface area (Å²) in [7, 11) is -1.30. The number of hydrogen-bond donors (Lipinski definition) is 2. The van der Waals surface area contributed by atoms with Gasteiger partial charge in [-0.15, -0.1) is 24.0 Å². The van der Waals surface area contributed by atoms with Crippen molar-refractivity contribution in [2.24, 2.45) is 4.99 Å². The van der Waals surface area contributed by atoms with Crippen LogP contribution in [0.15, 0.2) is 4.99 Å². The number of sulfonamides is 1. The van der Waals surface area contributed by atoms with Crippen molar-refractivity contribution >= 4 is 40.0 Å². The van der Waals surface area contributed by atoms with Crippen LogP contribution in [0.2, 0.25) is 0 Å². The molecule has 2 N–H and O–H groups in total. The van der Waals surface area contributed by atoms with Gasteiger partial charge >= 0.3 is 0 Å². The van der Waals surface area contributed by atoms with E-state index in [0.29, 0.717) is 25.2 Å². The van der Waals surface area contributed by atoms with E-state index in [9.17, 15) is 8.42 Å². The van der Waals surface area contributed by atoms with Crippen LogP contribution in [0.5, 0.6) is 0 Å². The van der Waals surface area contributed by atoms with Crippen LogP contribution >= 0.6 is 24.0 Å². The first-order valence-corrected chi connectivity index (χ1v) is 11.3. The Morgan fingerprint density at radius 3 is 2.52 bits per heavy atom. The molecule has 0 aromatic carbocycles. The van der Waals surface area contributed by atoms with Gasteiger partial charge in [-0.25, -0.2) is 12.7 Å². The molecule has 0 amide bonds. The molecule has 0 spiro atoms. The lowest BCUT2D eigenvalue weighted by Gasteiger charge is -2.38. The molecule has 10 heteroatoms. The summed E-state index contributed by atoms with van der Waals surface area (Å²) in [5, 5.41) is 6.85. The lowest BCUT2D eigenvalue weighted by Crippen LogP contribution is -2.54. The summed E-state index contributed by atoms with van der Waals surface area (Å²) in [6.07, 6.45) is 1.60. The van der Waals surface area contributed by atoms with E-state index >= 15 is 0 Å². The summed E-state index contributed by atoms with van der Waals surface area (Å²) < 4.78 is 31.0. The van der Waals surface area contributed by atoms with E-state index in [4.69, 9.17) is 4.74 Å². The van der Waals surface area contributed by atoms with Crippen molar-refractivity contribution in [2.75, 3.05) is 52.2 Å². The quantitative estimate of drug-likeness (QED) is 0.307.